The molecule has 0 fully saturated rings. The smallest absolute Gasteiger partial charge is 0.247 e. The summed E-state index contributed by atoms with van der Waals surface area (Å²) in [5, 5.41) is 15.8. The third kappa shape index (κ3) is 9.37. The Hall–Kier alpha value is -5.54. The Morgan fingerprint density at radius 2 is 0.895 bits per heavy atom. The number of carbonyl (C=O) groups is 1. The van der Waals surface area contributed by atoms with E-state index >= 15 is 0 Å². The van der Waals surface area contributed by atoms with Gasteiger partial charge in [0, 0.05) is 31.2 Å². The predicted molar refractivity (Wildman–Crippen MR) is 229 cm³/mol. The first kappa shape index (κ1) is 41.1. The van der Waals surface area contributed by atoms with Gasteiger partial charge in [0.1, 0.15) is 0 Å². The van der Waals surface area contributed by atoms with Crippen molar-refractivity contribution in [2.45, 2.75) is 0 Å². The van der Waals surface area contributed by atoms with E-state index in [1.807, 2.05) is 0 Å². The van der Waals surface area contributed by atoms with Crippen molar-refractivity contribution in [3.8, 4) is 34.1 Å². The Morgan fingerprint density at radius 3 is 1.19 bits per heavy atom. The van der Waals surface area contributed by atoms with Gasteiger partial charge < -0.3 is 28.8 Å². The number of rotatable bonds is 8. The molecule has 0 saturated heterocycles. The van der Waals surface area contributed by atoms with Crippen LogP contribution in [0.2, 0.25) is 0 Å². The van der Waals surface area contributed by atoms with Gasteiger partial charge in [-0.25, -0.2) is 0 Å². The van der Waals surface area contributed by atoms with Crippen molar-refractivity contribution in [3.63, 3.8) is 0 Å². The molecule has 0 saturated carbocycles. The topological polar surface area (TPSA) is 74.2 Å². The molecule has 2 heterocycles. The van der Waals surface area contributed by atoms with Gasteiger partial charge in [-0.15, -0.1) is 36.9 Å². The zero-order valence-corrected chi connectivity index (χ0v) is 35.0. The molecule has 0 unspecified atom stereocenters. The SMILES string of the molecule is O=C(O)c1[c-]cccc1.[CH2]C=C.[Ir].c1ccc(P(c2ccccc2)c2ccc3c(c2-c2c(P(c4ccccc4)c4ccccc4)ccc4c2OCO4)OCO3)cc1. The molecule has 2 aliphatic heterocycles. The van der Waals surface area contributed by atoms with Crippen molar-refractivity contribution < 1.29 is 49.0 Å². The standard InChI is InChI=1S/C38H28O4P2.C7H5O2.C3H5.Ir/c1-5-13-27(14-6-1)43(28-15-7-2-8-16-28)33-23-21-31-37(41-25-39-31)35(33)36-34(24-22-32-38(36)42-26-40-32)44(29-17-9-3-10-18-29)30-19-11-4-12-20-30;8-7(9)6-4-2-1-3-5-6;1-3-2;/h1-24H,25-26H2;1-4H,(H,8,9);3H,1-2H2;/q;-1;;. The molecule has 1 N–H and O–H groups in total. The predicted octanol–water partition coefficient (Wildman–Crippen LogP) is 8.52. The van der Waals surface area contributed by atoms with Crippen LogP contribution in [0, 0.1) is 13.0 Å². The summed E-state index contributed by atoms with van der Waals surface area (Å²) in [7, 11) is -1.94. The molecule has 7 aromatic rings. The van der Waals surface area contributed by atoms with E-state index in [1.54, 1.807) is 18.2 Å². The summed E-state index contributed by atoms with van der Waals surface area (Å²) in [6.07, 6.45) is 1.50. The van der Waals surface area contributed by atoms with Crippen LogP contribution in [0.15, 0.2) is 183 Å². The third-order valence-corrected chi connectivity index (χ3v) is 13.7. The third-order valence-electron chi connectivity index (χ3n) is 8.76. The summed E-state index contributed by atoms with van der Waals surface area (Å²) in [5.74, 6) is 2.05. The molecule has 7 aromatic carbocycles. The van der Waals surface area contributed by atoms with E-state index in [4.69, 9.17) is 24.1 Å². The fourth-order valence-corrected chi connectivity index (χ4v) is 11.4. The number of hydrogen-bond acceptors (Lipinski definition) is 5. The Labute approximate surface area is 349 Å². The van der Waals surface area contributed by atoms with Gasteiger partial charge in [0.05, 0.1) is 0 Å². The quantitative estimate of drug-likeness (QED) is 0.122. The number of allylic oxidation sites excluding steroid dienone is 1. The number of aromatic carboxylic acids is 1. The number of benzene rings is 7. The molecule has 0 amide bonds. The van der Waals surface area contributed by atoms with Gasteiger partial charge in [0.2, 0.25) is 19.6 Å². The van der Waals surface area contributed by atoms with Crippen molar-refractivity contribution in [3.05, 3.63) is 201 Å². The van der Waals surface area contributed by atoms with E-state index in [0.29, 0.717) is 0 Å². The van der Waals surface area contributed by atoms with E-state index in [1.165, 1.54) is 44.0 Å². The molecule has 0 aliphatic carbocycles. The molecule has 0 bridgehead atoms. The number of fused-ring (bicyclic) bond motifs is 2. The fraction of sp³-hybridized carbons (Fsp3) is 0.0417. The zero-order chi connectivity index (χ0) is 38.7. The molecule has 0 aromatic heterocycles. The number of carboxylic acids is 1. The van der Waals surface area contributed by atoms with Gasteiger partial charge in [0.25, 0.3) is 0 Å². The summed E-state index contributed by atoms with van der Waals surface area (Å²) in [6, 6.07) is 60.6. The molecule has 57 heavy (non-hydrogen) atoms. The van der Waals surface area contributed by atoms with Crippen molar-refractivity contribution in [1.29, 1.82) is 0 Å². The average molecular weight is 965 g/mol. The monoisotopic (exact) mass is 965 g/mol. The summed E-state index contributed by atoms with van der Waals surface area (Å²) < 4.78 is 24.7. The van der Waals surface area contributed by atoms with Crippen LogP contribution < -0.4 is 50.8 Å². The van der Waals surface area contributed by atoms with Crippen LogP contribution >= 0.6 is 15.8 Å². The minimum absolute atomic E-state index is 0. The molecule has 9 heteroatoms. The number of hydrogen-bond donors (Lipinski definition) is 1. The molecule has 9 rings (SSSR count). The molecule has 286 valence electrons. The minimum atomic E-state index is -0.968. The maximum absolute atomic E-state index is 10.2. The van der Waals surface area contributed by atoms with Crippen LogP contribution in [0.25, 0.3) is 11.1 Å². The minimum Gasteiger partial charge on any atom is -0.521 e. The second-order valence-corrected chi connectivity index (χ2v) is 16.6. The molecule has 2 aliphatic rings. The molecule has 2 radical (unpaired) electrons. The van der Waals surface area contributed by atoms with Crippen molar-refractivity contribution in [2.75, 3.05) is 13.6 Å². The Morgan fingerprint density at radius 1 is 0.544 bits per heavy atom. The fourth-order valence-electron chi connectivity index (χ4n) is 6.47. The molecular formula is C48H38IrO6P2-. The van der Waals surface area contributed by atoms with Crippen molar-refractivity contribution >= 4 is 53.6 Å². The van der Waals surface area contributed by atoms with Gasteiger partial charge in [-0.3, -0.25) is 0 Å². The molecular weight excluding hydrogens is 927 g/mol. The summed E-state index contributed by atoms with van der Waals surface area (Å²) in [4.78, 5) is 10.2. The zero-order valence-electron chi connectivity index (χ0n) is 30.8. The first-order valence-electron chi connectivity index (χ1n) is 17.8. The molecule has 0 spiro atoms. The van der Waals surface area contributed by atoms with E-state index < -0.39 is 21.8 Å². The van der Waals surface area contributed by atoms with Crippen molar-refractivity contribution in [1.82, 2.24) is 0 Å². The van der Waals surface area contributed by atoms with Crippen molar-refractivity contribution in [2.24, 2.45) is 0 Å². The van der Waals surface area contributed by atoms with Crippen LogP contribution in [-0.2, 0) is 20.1 Å². The van der Waals surface area contributed by atoms with Gasteiger partial charge >= 0.3 is 0 Å². The molecule has 0 atom stereocenters. The second-order valence-electron chi connectivity index (χ2n) is 12.3. The van der Waals surface area contributed by atoms with Crippen LogP contribution in [0.1, 0.15) is 10.4 Å². The van der Waals surface area contributed by atoms with Gasteiger partial charge in [0.15, 0.2) is 23.0 Å². The van der Waals surface area contributed by atoms with Crippen LogP contribution in [-0.4, -0.2) is 24.7 Å². The average Bonchev–Trinajstić information content (AvgIpc) is 3.94. The van der Waals surface area contributed by atoms with E-state index in [0.717, 1.165) is 34.1 Å². The van der Waals surface area contributed by atoms with Crippen LogP contribution in [0.5, 0.6) is 23.0 Å². The first-order valence-corrected chi connectivity index (χ1v) is 20.5. The largest absolute Gasteiger partial charge is 0.521 e. The summed E-state index contributed by atoms with van der Waals surface area (Å²) in [5.41, 5.74) is 2.23. The van der Waals surface area contributed by atoms with E-state index in [9.17, 15) is 4.79 Å². The Kier molecular flexibility index (Phi) is 14.5. The first-order chi connectivity index (χ1) is 27.6. The maximum Gasteiger partial charge on any atom is 0.247 e. The second kappa shape index (κ2) is 20.1. The van der Waals surface area contributed by atoms with Crippen LogP contribution in [0.3, 0.4) is 0 Å². The summed E-state index contributed by atoms with van der Waals surface area (Å²) >= 11 is 0. The normalized spacial score (nSPS) is 11.7. The van der Waals surface area contributed by atoms with Crippen LogP contribution in [0.4, 0.5) is 0 Å². The van der Waals surface area contributed by atoms with Gasteiger partial charge in [-0.05, 0) is 78.9 Å². The molecule has 6 nitrogen and oxygen atoms in total. The van der Waals surface area contributed by atoms with E-state index in [-0.39, 0.29) is 39.3 Å². The maximum atomic E-state index is 10.2. The Bertz CT molecular complexity index is 2160. The Balaban J connectivity index is 0.000000367. The van der Waals surface area contributed by atoms with Gasteiger partial charge in [-0.1, -0.05) is 133 Å². The summed E-state index contributed by atoms with van der Waals surface area (Å²) in [6.45, 7) is 6.85. The number of carboxylic acid groups (broad SMARTS) is 1. The van der Waals surface area contributed by atoms with Gasteiger partial charge in [-0.2, -0.15) is 0 Å². The number of ether oxygens (including phenoxy) is 4. The van der Waals surface area contributed by atoms with E-state index in [2.05, 4.69) is 165 Å².